The number of rotatable bonds is 3. The van der Waals surface area contributed by atoms with E-state index in [9.17, 15) is 14.5 Å². The number of thiophene rings is 1. The fraction of sp³-hybridized carbons (Fsp3) is 0.0909. The Balaban J connectivity index is 0.00000162. The predicted molar refractivity (Wildman–Crippen MR) is 70.7 cm³/mol. The number of nitro groups is 1. The molecular formula is C11H10ClFN2O2S. The van der Waals surface area contributed by atoms with Crippen LogP contribution in [-0.4, -0.2) is 4.92 Å². The molecule has 1 aromatic carbocycles. The Morgan fingerprint density at radius 1 is 1.33 bits per heavy atom. The van der Waals surface area contributed by atoms with E-state index in [1.54, 1.807) is 0 Å². The number of benzene rings is 1. The zero-order chi connectivity index (χ0) is 12.4. The average molecular weight is 289 g/mol. The number of hydrogen-bond acceptors (Lipinski definition) is 4. The second-order valence-corrected chi connectivity index (χ2v) is 4.28. The van der Waals surface area contributed by atoms with Gasteiger partial charge in [-0.3, -0.25) is 10.1 Å². The maximum absolute atomic E-state index is 13.1. The van der Waals surface area contributed by atoms with E-state index in [-0.39, 0.29) is 12.4 Å². The molecule has 0 fully saturated rings. The van der Waals surface area contributed by atoms with Crippen LogP contribution >= 0.6 is 23.7 Å². The van der Waals surface area contributed by atoms with Gasteiger partial charge >= 0.3 is 5.69 Å². The van der Waals surface area contributed by atoms with Crippen LogP contribution in [0.5, 0.6) is 0 Å². The van der Waals surface area contributed by atoms with Gasteiger partial charge in [0.25, 0.3) is 0 Å². The van der Waals surface area contributed by atoms with Crippen molar-refractivity contribution in [3.05, 3.63) is 62.1 Å². The molecule has 0 aliphatic rings. The zero-order valence-corrected chi connectivity index (χ0v) is 10.7. The van der Waals surface area contributed by atoms with Crippen LogP contribution in [0.15, 0.2) is 35.0 Å². The minimum Gasteiger partial charge on any atom is -0.320 e. The molecule has 2 N–H and O–H groups in total. The van der Waals surface area contributed by atoms with Gasteiger partial charge in [-0.1, -0.05) is 6.07 Å². The molecule has 0 unspecified atom stereocenters. The molecule has 18 heavy (non-hydrogen) atoms. The van der Waals surface area contributed by atoms with Gasteiger partial charge in [0.15, 0.2) is 0 Å². The van der Waals surface area contributed by atoms with Crippen LogP contribution in [-0.2, 0) is 0 Å². The van der Waals surface area contributed by atoms with E-state index in [2.05, 4.69) is 0 Å². The van der Waals surface area contributed by atoms with Gasteiger partial charge in [0.1, 0.15) is 0 Å². The van der Waals surface area contributed by atoms with Crippen molar-refractivity contribution in [2.24, 2.45) is 5.73 Å². The molecule has 0 aliphatic carbocycles. The van der Waals surface area contributed by atoms with Crippen LogP contribution < -0.4 is 5.73 Å². The first-order chi connectivity index (χ1) is 8.09. The molecule has 2 rings (SSSR count). The fourth-order valence-corrected chi connectivity index (χ4v) is 2.20. The third kappa shape index (κ3) is 2.84. The quantitative estimate of drug-likeness (QED) is 0.696. The summed E-state index contributed by atoms with van der Waals surface area (Å²) in [6.45, 7) is 0. The summed E-state index contributed by atoms with van der Waals surface area (Å²) in [4.78, 5) is 9.86. The van der Waals surface area contributed by atoms with Crippen LogP contribution in [0.1, 0.15) is 17.2 Å². The highest BCUT2D eigenvalue weighted by molar-refractivity contribution is 7.08. The molecule has 1 heterocycles. The second-order valence-electron chi connectivity index (χ2n) is 3.50. The minimum absolute atomic E-state index is 0. The molecule has 0 amide bonds. The van der Waals surface area contributed by atoms with Crippen LogP contribution in [0.2, 0.25) is 0 Å². The van der Waals surface area contributed by atoms with E-state index >= 15 is 0 Å². The highest BCUT2D eigenvalue weighted by atomic mass is 35.5. The Kier molecular flexibility index (Phi) is 4.77. The normalized spacial score (nSPS) is 11.7. The molecule has 0 spiro atoms. The van der Waals surface area contributed by atoms with Crippen LogP contribution in [0, 0.1) is 15.9 Å². The lowest BCUT2D eigenvalue weighted by Crippen LogP contribution is -2.11. The van der Waals surface area contributed by atoms with Crippen molar-refractivity contribution < 1.29 is 9.31 Å². The standard InChI is InChI=1S/C11H9FN2O2S.ClH/c12-9-2-1-7(5-10(9)14(15)16)11(13)8-3-4-17-6-8;/h1-6,11H,13H2;1H/t11-;/m0./s1. The van der Waals surface area contributed by atoms with Gasteiger partial charge in [-0.15, -0.1) is 12.4 Å². The molecule has 7 heteroatoms. The second kappa shape index (κ2) is 5.90. The molecule has 0 aliphatic heterocycles. The van der Waals surface area contributed by atoms with E-state index in [4.69, 9.17) is 5.73 Å². The maximum Gasteiger partial charge on any atom is 0.305 e. The van der Waals surface area contributed by atoms with Gasteiger partial charge in [-0.05, 0) is 34.0 Å². The lowest BCUT2D eigenvalue weighted by molar-refractivity contribution is -0.387. The topological polar surface area (TPSA) is 69.2 Å². The molecule has 0 saturated heterocycles. The molecular weight excluding hydrogens is 279 g/mol. The van der Waals surface area contributed by atoms with Crippen molar-refractivity contribution in [3.63, 3.8) is 0 Å². The molecule has 0 radical (unpaired) electrons. The van der Waals surface area contributed by atoms with Crippen molar-refractivity contribution in [2.45, 2.75) is 6.04 Å². The monoisotopic (exact) mass is 288 g/mol. The van der Waals surface area contributed by atoms with Gasteiger partial charge in [0.05, 0.1) is 11.0 Å². The number of nitrogens with two attached hydrogens (primary N) is 1. The molecule has 2 aromatic rings. The van der Waals surface area contributed by atoms with E-state index < -0.39 is 22.5 Å². The smallest absolute Gasteiger partial charge is 0.305 e. The molecule has 0 bridgehead atoms. The van der Waals surface area contributed by atoms with Crippen molar-refractivity contribution >= 4 is 29.4 Å². The van der Waals surface area contributed by atoms with Crippen LogP contribution in [0.25, 0.3) is 0 Å². The number of hydrogen-bond donors (Lipinski definition) is 1. The average Bonchev–Trinajstić information content (AvgIpc) is 2.81. The highest BCUT2D eigenvalue weighted by Gasteiger charge is 2.18. The Morgan fingerprint density at radius 3 is 2.61 bits per heavy atom. The van der Waals surface area contributed by atoms with E-state index in [1.165, 1.54) is 23.5 Å². The van der Waals surface area contributed by atoms with Crippen molar-refractivity contribution in [3.8, 4) is 0 Å². The Morgan fingerprint density at radius 2 is 2.06 bits per heavy atom. The van der Waals surface area contributed by atoms with Gasteiger partial charge in [0.2, 0.25) is 5.82 Å². The van der Waals surface area contributed by atoms with Gasteiger partial charge in [-0.2, -0.15) is 15.7 Å². The zero-order valence-electron chi connectivity index (χ0n) is 9.08. The first-order valence-corrected chi connectivity index (χ1v) is 5.75. The number of nitrogens with zero attached hydrogens (tertiary/aromatic N) is 1. The van der Waals surface area contributed by atoms with Gasteiger partial charge < -0.3 is 5.73 Å². The summed E-state index contributed by atoms with van der Waals surface area (Å²) in [5.74, 6) is -0.851. The van der Waals surface area contributed by atoms with Crippen molar-refractivity contribution in [1.82, 2.24) is 0 Å². The molecule has 4 nitrogen and oxygen atoms in total. The minimum atomic E-state index is -0.851. The van der Waals surface area contributed by atoms with E-state index in [1.807, 2.05) is 16.8 Å². The van der Waals surface area contributed by atoms with E-state index in [0.717, 1.165) is 11.6 Å². The van der Waals surface area contributed by atoms with E-state index in [0.29, 0.717) is 5.56 Å². The third-order valence-corrected chi connectivity index (χ3v) is 3.13. The maximum atomic E-state index is 13.1. The highest BCUT2D eigenvalue weighted by Crippen LogP contribution is 2.26. The van der Waals surface area contributed by atoms with Crippen LogP contribution in [0.3, 0.4) is 0 Å². The molecule has 1 aromatic heterocycles. The van der Waals surface area contributed by atoms with Crippen molar-refractivity contribution in [1.29, 1.82) is 0 Å². The van der Waals surface area contributed by atoms with Crippen LogP contribution in [0.4, 0.5) is 10.1 Å². The summed E-state index contributed by atoms with van der Waals surface area (Å²) < 4.78 is 13.1. The lowest BCUT2D eigenvalue weighted by atomic mass is 10.0. The number of halogens is 2. The summed E-state index contributed by atoms with van der Waals surface area (Å²) in [5, 5.41) is 14.3. The predicted octanol–water partition coefficient (Wildman–Crippen LogP) is 3.27. The SMILES string of the molecule is Cl.N[C@H](c1ccsc1)c1ccc(F)c([N+](=O)[O-])c1. The third-order valence-electron chi connectivity index (χ3n) is 2.43. The van der Waals surface area contributed by atoms with Crippen molar-refractivity contribution in [2.75, 3.05) is 0 Å². The largest absolute Gasteiger partial charge is 0.320 e. The summed E-state index contributed by atoms with van der Waals surface area (Å²) >= 11 is 1.49. The Bertz CT molecular complexity index is 548. The molecule has 96 valence electrons. The van der Waals surface area contributed by atoms with Gasteiger partial charge in [0, 0.05) is 6.07 Å². The first-order valence-electron chi connectivity index (χ1n) is 4.81. The first kappa shape index (κ1) is 14.6. The summed E-state index contributed by atoms with van der Waals surface area (Å²) in [7, 11) is 0. The number of nitro benzene ring substituents is 1. The summed E-state index contributed by atoms with van der Waals surface area (Å²) in [5.41, 5.74) is 6.78. The van der Waals surface area contributed by atoms with Gasteiger partial charge in [-0.25, -0.2) is 0 Å². The lowest BCUT2D eigenvalue weighted by Gasteiger charge is -2.10. The molecule has 0 saturated carbocycles. The summed E-state index contributed by atoms with van der Waals surface area (Å²) in [6.07, 6.45) is 0. The Labute approximate surface area is 113 Å². The Hall–Kier alpha value is -1.50. The molecule has 1 atom stereocenters. The summed E-state index contributed by atoms with van der Waals surface area (Å²) in [6, 6.07) is 5.08. The fourth-order valence-electron chi connectivity index (χ4n) is 1.51.